The van der Waals surface area contributed by atoms with Gasteiger partial charge in [-0.1, -0.05) is 59.6 Å². The number of aromatic amines is 1. The number of rotatable bonds is 4. The maximum atomic E-state index is 13.5. The molecule has 7 nitrogen and oxygen atoms in total. The first kappa shape index (κ1) is 20.8. The largest absolute Gasteiger partial charge is 0.383 e. The fraction of sp³-hybridized carbons (Fsp3) is 0.174. The Labute approximate surface area is 192 Å². The molecule has 1 aromatic heterocycles. The van der Waals surface area contributed by atoms with E-state index in [1.54, 1.807) is 30.3 Å². The van der Waals surface area contributed by atoms with E-state index < -0.39 is 17.2 Å². The van der Waals surface area contributed by atoms with Gasteiger partial charge in [0.2, 0.25) is 0 Å². The van der Waals surface area contributed by atoms with Crippen LogP contribution in [-0.2, 0) is 11.3 Å². The van der Waals surface area contributed by atoms with Crippen molar-refractivity contribution >= 4 is 40.5 Å². The second-order valence-electron chi connectivity index (χ2n) is 7.53. The highest BCUT2D eigenvalue weighted by molar-refractivity contribution is 6.42. The number of methoxy groups -OCH3 is 1. The lowest BCUT2D eigenvalue weighted by Gasteiger charge is -2.30. The van der Waals surface area contributed by atoms with Crippen LogP contribution in [0.15, 0.2) is 57.6 Å². The van der Waals surface area contributed by atoms with Crippen molar-refractivity contribution in [1.82, 2.24) is 9.55 Å². The van der Waals surface area contributed by atoms with E-state index in [0.717, 1.165) is 0 Å². The average Bonchev–Trinajstić information content (AvgIpc) is 3.06. The van der Waals surface area contributed by atoms with Gasteiger partial charge >= 0.3 is 5.69 Å². The second-order valence-corrected chi connectivity index (χ2v) is 8.32. The van der Waals surface area contributed by atoms with Crippen LogP contribution in [0.4, 0.5) is 5.82 Å². The van der Waals surface area contributed by atoms with E-state index in [2.05, 4.69) is 10.3 Å². The minimum Gasteiger partial charge on any atom is -0.383 e. The van der Waals surface area contributed by atoms with Gasteiger partial charge in [0.1, 0.15) is 5.82 Å². The lowest BCUT2D eigenvalue weighted by Crippen LogP contribution is -2.39. The van der Waals surface area contributed by atoms with Crippen LogP contribution in [0.5, 0.6) is 0 Å². The van der Waals surface area contributed by atoms with Gasteiger partial charge in [0.05, 0.1) is 40.4 Å². The number of hydrogen-bond acceptors (Lipinski definition) is 5. The van der Waals surface area contributed by atoms with Crippen molar-refractivity contribution in [2.24, 2.45) is 0 Å². The third-order valence-corrected chi connectivity index (χ3v) is 6.66. The molecule has 2 aromatic carbocycles. The predicted molar refractivity (Wildman–Crippen MR) is 123 cm³/mol. The van der Waals surface area contributed by atoms with Gasteiger partial charge in [0.15, 0.2) is 5.78 Å². The Hall–Kier alpha value is -3.13. The molecule has 0 amide bonds. The van der Waals surface area contributed by atoms with E-state index in [1.807, 2.05) is 12.1 Å². The molecule has 0 radical (unpaired) electrons. The van der Waals surface area contributed by atoms with Gasteiger partial charge in [-0.05, 0) is 11.6 Å². The number of ether oxygens (including phenoxy) is 1. The van der Waals surface area contributed by atoms with Gasteiger partial charge < -0.3 is 10.1 Å². The van der Waals surface area contributed by atoms with Gasteiger partial charge in [-0.25, -0.2) is 4.79 Å². The molecule has 0 bridgehead atoms. The molecule has 0 spiro atoms. The van der Waals surface area contributed by atoms with E-state index in [-0.39, 0.29) is 29.5 Å². The highest BCUT2D eigenvalue weighted by atomic mass is 35.5. The first-order valence-electron chi connectivity index (χ1n) is 9.89. The number of aromatic nitrogens is 2. The molecule has 162 valence electrons. The summed E-state index contributed by atoms with van der Waals surface area (Å²) < 4.78 is 6.55. The first-order valence-corrected chi connectivity index (χ1v) is 10.6. The number of nitrogens with one attached hydrogen (secondary N) is 2. The number of nitrogens with zero attached hydrogens (tertiary/aromatic N) is 1. The molecule has 0 saturated heterocycles. The lowest BCUT2D eigenvalue weighted by atomic mass is 9.81. The van der Waals surface area contributed by atoms with Crippen molar-refractivity contribution in [2.45, 2.75) is 12.5 Å². The number of fused-ring (bicyclic) bond motifs is 3. The van der Waals surface area contributed by atoms with Gasteiger partial charge in [-0.3, -0.25) is 19.1 Å². The molecule has 3 aromatic rings. The molecule has 2 aliphatic rings. The summed E-state index contributed by atoms with van der Waals surface area (Å²) in [6.45, 7) is 0.458. The van der Waals surface area contributed by atoms with Crippen LogP contribution in [0.1, 0.15) is 33.0 Å². The van der Waals surface area contributed by atoms with Crippen molar-refractivity contribution in [3.63, 3.8) is 0 Å². The molecule has 2 N–H and O–H groups in total. The Morgan fingerprint density at radius 1 is 1.03 bits per heavy atom. The zero-order chi connectivity index (χ0) is 22.6. The fourth-order valence-corrected chi connectivity index (χ4v) is 4.83. The maximum Gasteiger partial charge on any atom is 0.330 e. The minimum atomic E-state index is -0.814. The number of Topliss-reactive ketones (excluding diaryl/α,β-unsaturated/α-hetero) is 1. The van der Waals surface area contributed by atoms with Crippen LogP contribution in [0.25, 0.3) is 5.70 Å². The Morgan fingerprint density at radius 3 is 2.53 bits per heavy atom. The fourth-order valence-electron chi connectivity index (χ4n) is 4.42. The molecule has 0 saturated carbocycles. The zero-order valence-corrected chi connectivity index (χ0v) is 18.4. The van der Waals surface area contributed by atoms with Crippen LogP contribution >= 0.6 is 23.2 Å². The first-order chi connectivity index (χ1) is 15.4. The Kier molecular flexibility index (Phi) is 5.04. The monoisotopic (exact) mass is 469 g/mol. The van der Waals surface area contributed by atoms with Crippen LogP contribution in [-0.4, -0.2) is 29.1 Å². The summed E-state index contributed by atoms with van der Waals surface area (Å²) in [5.74, 6) is -0.713. The normalized spacial score (nSPS) is 16.5. The van der Waals surface area contributed by atoms with E-state index in [1.165, 1.54) is 11.7 Å². The van der Waals surface area contributed by atoms with Crippen molar-refractivity contribution in [3.8, 4) is 0 Å². The Bertz CT molecular complexity index is 1440. The predicted octanol–water partition coefficient (Wildman–Crippen LogP) is 3.65. The molecular formula is C23H17Cl2N3O4. The molecule has 0 unspecified atom stereocenters. The van der Waals surface area contributed by atoms with Crippen molar-refractivity contribution in [2.75, 3.05) is 19.0 Å². The molecule has 1 aliphatic carbocycles. The number of carbonyl (C=O) groups excluding carboxylic acids is 1. The van der Waals surface area contributed by atoms with E-state index in [0.29, 0.717) is 38.8 Å². The van der Waals surface area contributed by atoms with Crippen molar-refractivity contribution in [1.29, 1.82) is 0 Å². The van der Waals surface area contributed by atoms with Gasteiger partial charge in [-0.2, -0.15) is 0 Å². The molecular weight excluding hydrogens is 453 g/mol. The number of benzene rings is 2. The minimum absolute atomic E-state index is 0.204. The summed E-state index contributed by atoms with van der Waals surface area (Å²) in [5, 5.41) is 3.76. The summed E-state index contributed by atoms with van der Waals surface area (Å²) in [6.07, 6.45) is 0. The lowest BCUT2D eigenvalue weighted by molar-refractivity contribution is 0.103. The summed E-state index contributed by atoms with van der Waals surface area (Å²) in [6, 6.07) is 12.3. The smallest absolute Gasteiger partial charge is 0.330 e. The van der Waals surface area contributed by atoms with Gasteiger partial charge in [0.25, 0.3) is 5.56 Å². The second kappa shape index (κ2) is 7.78. The quantitative estimate of drug-likeness (QED) is 0.608. The van der Waals surface area contributed by atoms with Crippen LogP contribution in [0.3, 0.4) is 0 Å². The highest BCUT2D eigenvalue weighted by Gasteiger charge is 2.43. The van der Waals surface area contributed by atoms with Gasteiger partial charge in [0, 0.05) is 23.8 Å². The average molecular weight is 470 g/mol. The SMILES string of the molecule is COCCn1c2c(c(=O)[nH]c1=O)[C@H](c1cccc(Cl)c1Cl)C1=C(N2)c2ccccc2C1=O. The van der Waals surface area contributed by atoms with Crippen LogP contribution in [0.2, 0.25) is 10.0 Å². The summed E-state index contributed by atoms with van der Waals surface area (Å²) in [4.78, 5) is 41.6. The molecule has 5 rings (SSSR count). The van der Waals surface area contributed by atoms with Crippen molar-refractivity contribution < 1.29 is 9.53 Å². The third-order valence-electron chi connectivity index (χ3n) is 5.82. The summed E-state index contributed by atoms with van der Waals surface area (Å²) >= 11 is 12.8. The molecule has 2 heterocycles. The zero-order valence-electron chi connectivity index (χ0n) is 16.9. The number of H-pyrrole nitrogens is 1. The van der Waals surface area contributed by atoms with Crippen LogP contribution < -0.4 is 16.6 Å². The maximum absolute atomic E-state index is 13.5. The topological polar surface area (TPSA) is 93.2 Å². The standard InChI is InChI=1S/C23H17Cl2N3O4/c1-32-10-9-28-21-17(22(30)27-23(28)31)15(13-7-4-8-14(24)18(13)25)16-19(26-21)11-5-2-3-6-12(11)20(16)29/h2-8,15,26H,9-10H2,1H3,(H,27,30,31)/t15-/m1/s1. The number of carbonyl (C=O) groups is 1. The van der Waals surface area contributed by atoms with E-state index >= 15 is 0 Å². The number of hydrogen-bond donors (Lipinski definition) is 2. The Morgan fingerprint density at radius 2 is 1.78 bits per heavy atom. The summed E-state index contributed by atoms with van der Waals surface area (Å²) in [7, 11) is 1.53. The molecule has 0 fully saturated rings. The number of anilines is 1. The number of ketones is 1. The van der Waals surface area contributed by atoms with E-state index in [4.69, 9.17) is 27.9 Å². The molecule has 32 heavy (non-hydrogen) atoms. The molecule has 9 heteroatoms. The third kappa shape index (κ3) is 2.97. The van der Waals surface area contributed by atoms with Crippen LogP contribution in [0, 0.1) is 0 Å². The molecule has 1 atom stereocenters. The summed E-state index contributed by atoms with van der Waals surface area (Å²) in [5.41, 5.74) is 1.73. The van der Waals surface area contributed by atoms with Crippen molar-refractivity contribution in [3.05, 3.63) is 101 Å². The highest BCUT2D eigenvalue weighted by Crippen LogP contribution is 2.49. The number of allylic oxidation sites excluding steroid dienone is 1. The Balaban J connectivity index is 1.86. The molecule has 1 aliphatic heterocycles. The number of halogens is 2. The van der Waals surface area contributed by atoms with Gasteiger partial charge in [-0.15, -0.1) is 0 Å². The van der Waals surface area contributed by atoms with E-state index in [9.17, 15) is 14.4 Å².